The molecule has 0 saturated carbocycles. The second-order valence-corrected chi connectivity index (χ2v) is 5.27. The summed E-state index contributed by atoms with van der Waals surface area (Å²) in [4.78, 5) is 23.9. The highest BCUT2D eigenvalue weighted by Gasteiger charge is 2.19. The molecule has 0 aromatic heterocycles. The van der Waals surface area contributed by atoms with Crippen molar-refractivity contribution in [1.82, 2.24) is 0 Å². The Bertz CT molecular complexity index is 425. The van der Waals surface area contributed by atoms with Crippen LogP contribution in [0.15, 0.2) is 30.3 Å². The van der Waals surface area contributed by atoms with Crippen molar-refractivity contribution in [1.29, 1.82) is 0 Å². The molecular weight excluding hydrogens is 264 g/mol. The van der Waals surface area contributed by atoms with Crippen LogP contribution in [0, 0.1) is 5.92 Å². The van der Waals surface area contributed by atoms with E-state index in [1.54, 1.807) is 6.92 Å². The Labute approximate surface area is 127 Å². The number of Topliss-reactive ketones (excluding diaryl/α,β-unsaturated/α-hetero) is 1. The van der Waals surface area contributed by atoms with Crippen LogP contribution in [0.3, 0.4) is 0 Å². The molecule has 0 heterocycles. The first-order valence-electron chi connectivity index (χ1n) is 7.93. The molecule has 116 valence electrons. The van der Waals surface area contributed by atoms with Gasteiger partial charge in [-0.25, -0.2) is 0 Å². The molecule has 0 aliphatic carbocycles. The summed E-state index contributed by atoms with van der Waals surface area (Å²) >= 11 is 0. The lowest BCUT2D eigenvalue weighted by molar-refractivity contribution is -0.143. The highest BCUT2D eigenvalue weighted by molar-refractivity contribution is 5.97. The van der Waals surface area contributed by atoms with Gasteiger partial charge in [-0.05, 0) is 26.2 Å². The number of carbonyl (C=O) groups is 2. The van der Waals surface area contributed by atoms with Gasteiger partial charge in [0.1, 0.15) is 0 Å². The van der Waals surface area contributed by atoms with Gasteiger partial charge in [-0.1, -0.05) is 50.1 Å². The Morgan fingerprint density at radius 3 is 2.33 bits per heavy atom. The summed E-state index contributed by atoms with van der Waals surface area (Å²) in [6, 6.07) is 9.43. The molecule has 21 heavy (non-hydrogen) atoms. The van der Waals surface area contributed by atoms with E-state index in [2.05, 4.69) is 6.92 Å². The van der Waals surface area contributed by atoms with E-state index in [1.165, 1.54) is 0 Å². The van der Waals surface area contributed by atoms with E-state index >= 15 is 0 Å². The van der Waals surface area contributed by atoms with Crippen LogP contribution in [0.25, 0.3) is 0 Å². The minimum Gasteiger partial charge on any atom is -0.466 e. The van der Waals surface area contributed by atoms with Gasteiger partial charge in [0.05, 0.1) is 6.61 Å². The second kappa shape index (κ2) is 10.1. The van der Waals surface area contributed by atoms with Crippen molar-refractivity contribution in [2.75, 3.05) is 6.61 Å². The van der Waals surface area contributed by atoms with Crippen LogP contribution in [0.2, 0.25) is 0 Å². The molecule has 0 fully saturated rings. The van der Waals surface area contributed by atoms with Gasteiger partial charge in [0.25, 0.3) is 0 Å². The molecule has 0 N–H and O–H groups in total. The number of ketones is 1. The Morgan fingerprint density at radius 1 is 1.05 bits per heavy atom. The van der Waals surface area contributed by atoms with E-state index in [0.717, 1.165) is 31.2 Å². The predicted molar refractivity (Wildman–Crippen MR) is 84.3 cm³/mol. The Hall–Kier alpha value is -1.64. The lowest BCUT2D eigenvalue weighted by Crippen LogP contribution is -2.16. The molecule has 0 radical (unpaired) electrons. The van der Waals surface area contributed by atoms with Gasteiger partial charge in [0.2, 0.25) is 0 Å². The molecule has 1 unspecified atom stereocenters. The summed E-state index contributed by atoms with van der Waals surface area (Å²) in [5.74, 6) is 0.0496. The van der Waals surface area contributed by atoms with Gasteiger partial charge < -0.3 is 4.74 Å². The fourth-order valence-electron chi connectivity index (χ4n) is 2.42. The third kappa shape index (κ3) is 6.56. The Morgan fingerprint density at radius 2 is 1.71 bits per heavy atom. The SMILES string of the molecule is CCCCC(CCCC(=O)OCC)C(=O)c1ccccc1. The van der Waals surface area contributed by atoms with Crippen molar-refractivity contribution >= 4 is 11.8 Å². The number of hydrogen-bond donors (Lipinski definition) is 0. The lowest BCUT2D eigenvalue weighted by atomic mass is 9.88. The summed E-state index contributed by atoms with van der Waals surface area (Å²) in [6.45, 7) is 4.35. The predicted octanol–water partition coefficient (Wildman–Crippen LogP) is 4.41. The number of rotatable bonds is 10. The maximum atomic E-state index is 12.5. The maximum absolute atomic E-state index is 12.5. The van der Waals surface area contributed by atoms with Crippen molar-refractivity contribution in [2.24, 2.45) is 5.92 Å². The zero-order valence-corrected chi connectivity index (χ0v) is 13.1. The van der Waals surface area contributed by atoms with E-state index < -0.39 is 0 Å². The number of unbranched alkanes of at least 4 members (excludes halogenated alkanes) is 1. The first-order valence-corrected chi connectivity index (χ1v) is 7.93. The molecule has 0 bridgehead atoms. The fraction of sp³-hybridized carbons (Fsp3) is 0.556. The monoisotopic (exact) mass is 290 g/mol. The molecule has 0 saturated heterocycles. The fourth-order valence-corrected chi connectivity index (χ4v) is 2.42. The van der Waals surface area contributed by atoms with E-state index in [9.17, 15) is 9.59 Å². The molecule has 0 aliphatic rings. The molecule has 0 amide bonds. The quantitative estimate of drug-likeness (QED) is 0.473. The number of esters is 1. The van der Waals surface area contributed by atoms with Crippen molar-refractivity contribution < 1.29 is 14.3 Å². The minimum atomic E-state index is -0.168. The standard InChI is InChI=1S/C18H26O3/c1-3-5-10-15(13-9-14-17(19)21-4-2)18(20)16-11-7-6-8-12-16/h6-8,11-12,15H,3-5,9-10,13-14H2,1-2H3. The second-order valence-electron chi connectivity index (χ2n) is 5.27. The summed E-state index contributed by atoms with van der Waals surface area (Å²) < 4.78 is 4.93. The normalized spacial score (nSPS) is 11.9. The van der Waals surface area contributed by atoms with Gasteiger partial charge in [-0.2, -0.15) is 0 Å². The van der Waals surface area contributed by atoms with Crippen LogP contribution < -0.4 is 0 Å². The number of hydrogen-bond acceptors (Lipinski definition) is 3. The maximum Gasteiger partial charge on any atom is 0.305 e. The van der Waals surface area contributed by atoms with Crippen LogP contribution in [-0.4, -0.2) is 18.4 Å². The third-order valence-electron chi connectivity index (χ3n) is 3.57. The van der Waals surface area contributed by atoms with Crippen molar-refractivity contribution in [3.05, 3.63) is 35.9 Å². The first-order chi connectivity index (χ1) is 10.2. The van der Waals surface area contributed by atoms with E-state index in [1.807, 2.05) is 30.3 Å². The largest absolute Gasteiger partial charge is 0.466 e. The van der Waals surface area contributed by atoms with E-state index in [4.69, 9.17) is 4.74 Å². The molecule has 0 spiro atoms. The zero-order chi connectivity index (χ0) is 15.5. The highest BCUT2D eigenvalue weighted by atomic mass is 16.5. The van der Waals surface area contributed by atoms with Crippen LogP contribution in [0.4, 0.5) is 0 Å². The van der Waals surface area contributed by atoms with Crippen LogP contribution in [-0.2, 0) is 9.53 Å². The molecule has 3 heteroatoms. The molecule has 0 aliphatic heterocycles. The molecular formula is C18H26O3. The van der Waals surface area contributed by atoms with Crippen molar-refractivity contribution in [2.45, 2.75) is 52.4 Å². The van der Waals surface area contributed by atoms with Crippen molar-refractivity contribution in [3.8, 4) is 0 Å². The van der Waals surface area contributed by atoms with Crippen LogP contribution in [0.1, 0.15) is 62.7 Å². The highest BCUT2D eigenvalue weighted by Crippen LogP contribution is 2.21. The molecule has 1 rings (SSSR count). The summed E-state index contributed by atoms with van der Waals surface area (Å²) in [7, 11) is 0. The molecule has 1 aromatic rings. The van der Waals surface area contributed by atoms with Gasteiger partial charge in [-0.15, -0.1) is 0 Å². The summed E-state index contributed by atoms with van der Waals surface area (Å²) in [5.41, 5.74) is 0.773. The number of carbonyl (C=O) groups excluding carboxylic acids is 2. The smallest absolute Gasteiger partial charge is 0.305 e. The number of ether oxygens (including phenoxy) is 1. The zero-order valence-electron chi connectivity index (χ0n) is 13.1. The summed E-state index contributed by atoms with van der Waals surface area (Å²) in [5, 5.41) is 0. The lowest BCUT2D eigenvalue weighted by Gasteiger charge is -2.15. The Kier molecular flexibility index (Phi) is 8.41. The van der Waals surface area contributed by atoms with Gasteiger partial charge in [0.15, 0.2) is 5.78 Å². The summed E-state index contributed by atoms with van der Waals surface area (Å²) in [6.07, 6.45) is 4.89. The van der Waals surface area contributed by atoms with Gasteiger partial charge in [-0.3, -0.25) is 9.59 Å². The average molecular weight is 290 g/mol. The molecule has 1 atom stereocenters. The topological polar surface area (TPSA) is 43.4 Å². The van der Waals surface area contributed by atoms with E-state index in [0.29, 0.717) is 19.4 Å². The van der Waals surface area contributed by atoms with E-state index in [-0.39, 0.29) is 17.7 Å². The van der Waals surface area contributed by atoms with Crippen molar-refractivity contribution in [3.63, 3.8) is 0 Å². The average Bonchev–Trinajstić information content (AvgIpc) is 2.51. The molecule has 3 nitrogen and oxygen atoms in total. The van der Waals surface area contributed by atoms with Gasteiger partial charge in [0, 0.05) is 17.9 Å². The van der Waals surface area contributed by atoms with Gasteiger partial charge >= 0.3 is 5.97 Å². The first kappa shape index (κ1) is 17.4. The minimum absolute atomic E-state index is 0.0155. The molecule has 1 aromatic carbocycles. The third-order valence-corrected chi connectivity index (χ3v) is 3.57. The Balaban J connectivity index is 2.55. The van der Waals surface area contributed by atoms with Crippen LogP contribution in [0.5, 0.6) is 0 Å². The van der Waals surface area contributed by atoms with Crippen LogP contribution >= 0.6 is 0 Å². The number of benzene rings is 1.